The lowest BCUT2D eigenvalue weighted by molar-refractivity contribution is -0.909. The molecule has 20 heavy (non-hydrogen) atoms. The Morgan fingerprint density at radius 3 is 1.75 bits per heavy atom. The van der Waals surface area contributed by atoms with E-state index in [1.54, 1.807) is 0 Å². The Hall–Kier alpha value is -0.0800. The molecule has 2 heteroatoms. The zero-order chi connectivity index (χ0) is 15.1. The Morgan fingerprint density at radius 2 is 1.15 bits per heavy atom. The lowest BCUT2D eigenvalue weighted by atomic mass is 10.1. The lowest BCUT2D eigenvalue weighted by Crippen LogP contribution is -2.42. The van der Waals surface area contributed by atoms with Crippen molar-refractivity contribution in [3.63, 3.8) is 0 Å². The summed E-state index contributed by atoms with van der Waals surface area (Å²) in [7, 11) is 4.59. The first-order valence-electron chi connectivity index (χ1n) is 9.02. The number of quaternary nitrogens is 1. The first-order valence-corrected chi connectivity index (χ1v) is 9.02. The predicted molar refractivity (Wildman–Crippen MR) is 89.9 cm³/mol. The molecule has 0 atom stereocenters. The first-order chi connectivity index (χ1) is 9.62. The molecule has 0 aliphatic heterocycles. The molecule has 0 amide bonds. The van der Waals surface area contributed by atoms with E-state index in [-0.39, 0.29) is 0 Å². The molecule has 0 saturated carbocycles. The van der Waals surface area contributed by atoms with Crippen molar-refractivity contribution in [2.24, 2.45) is 0 Å². The van der Waals surface area contributed by atoms with Crippen LogP contribution in [0.25, 0.3) is 0 Å². The highest BCUT2D eigenvalue weighted by Crippen LogP contribution is 2.10. The van der Waals surface area contributed by atoms with Crippen molar-refractivity contribution in [2.45, 2.75) is 84.5 Å². The van der Waals surface area contributed by atoms with E-state index in [9.17, 15) is 0 Å². The molecule has 0 aromatic rings. The molecule has 0 aliphatic rings. The van der Waals surface area contributed by atoms with Gasteiger partial charge in [-0.1, -0.05) is 65.2 Å². The first kappa shape index (κ1) is 19.9. The average molecular weight is 287 g/mol. The third-order valence-corrected chi connectivity index (χ3v) is 3.95. The summed E-state index contributed by atoms with van der Waals surface area (Å²) in [5.74, 6) is 0. The van der Waals surface area contributed by atoms with Crippen LogP contribution in [-0.2, 0) is 4.74 Å². The van der Waals surface area contributed by atoms with Gasteiger partial charge in [-0.2, -0.15) is 0 Å². The smallest absolute Gasteiger partial charge is 0.182 e. The number of rotatable bonds is 15. The van der Waals surface area contributed by atoms with Crippen LogP contribution in [0.15, 0.2) is 0 Å². The van der Waals surface area contributed by atoms with Crippen molar-refractivity contribution in [1.29, 1.82) is 0 Å². The monoisotopic (exact) mass is 286 g/mol. The van der Waals surface area contributed by atoms with Crippen molar-refractivity contribution in [3.8, 4) is 0 Å². The van der Waals surface area contributed by atoms with Crippen molar-refractivity contribution in [1.82, 2.24) is 0 Å². The van der Waals surface area contributed by atoms with E-state index < -0.39 is 0 Å². The second-order valence-electron chi connectivity index (χ2n) is 6.88. The van der Waals surface area contributed by atoms with E-state index in [2.05, 4.69) is 27.9 Å². The highest BCUT2D eigenvalue weighted by molar-refractivity contribution is 4.46. The van der Waals surface area contributed by atoms with E-state index in [1.807, 2.05) is 0 Å². The average Bonchev–Trinajstić information content (AvgIpc) is 2.41. The summed E-state index contributed by atoms with van der Waals surface area (Å²) in [4.78, 5) is 0. The van der Waals surface area contributed by atoms with Crippen molar-refractivity contribution < 1.29 is 9.22 Å². The fourth-order valence-electron chi connectivity index (χ4n) is 2.50. The second-order valence-corrected chi connectivity index (χ2v) is 6.88. The van der Waals surface area contributed by atoms with Gasteiger partial charge in [0.25, 0.3) is 0 Å². The van der Waals surface area contributed by atoms with Gasteiger partial charge in [0, 0.05) is 0 Å². The summed E-state index contributed by atoms with van der Waals surface area (Å²) < 4.78 is 6.81. The van der Waals surface area contributed by atoms with Crippen molar-refractivity contribution >= 4 is 0 Å². The summed E-state index contributed by atoms with van der Waals surface area (Å²) in [5.41, 5.74) is 0. The van der Waals surface area contributed by atoms with Crippen LogP contribution in [0, 0.1) is 0 Å². The fourth-order valence-corrected chi connectivity index (χ4v) is 2.50. The fraction of sp³-hybridized carbons (Fsp3) is 1.00. The van der Waals surface area contributed by atoms with Gasteiger partial charge in [-0.05, 0) is 19.3 Å². The minimum atomic E-state index is 0.875. The van der Waals surface area contributed by atoms with Crippen LogP contribution in [0.3, 0.4) is 0 Å². The summed E-state index contributed by atoms with van der Waals surface area (Å²) in [6.07, 6.45) is 15.0. The van der Waals surface area contributed by atoms with Gasteiger partial charge in [-0.15, -0.1) is 0 Å². The minimum absolute atomic E-state index is 0.875. The van der Waals surface area contributed by atoms with E-state index in [0.717, 1.165) is 17.8 Å². The highest BCUT2D eigenvalue weighted by atomic mass is 16.5. The van der Waals surface area contributed by atoms with Gasteiger partial charge in [0.2, 0.25) is 0 Å². The molecule has 0 fully saturated rings. The van der Waals surface area contributed by atoms with Crippen LogP contribution < -0.4 is 0 Å². The van der Waals surface area contributed by atoms with Gasteiger partial charge in [-0.25, -0.2) is 0 Å². The number of hydrogen-bond acceptors (Lipinski definition) is 1. The zero-order valence-corrected chi connectivity index (χ0v) is 14.8. The van der Waals surface area contributed by atoms with E-state index in [4.69, 9.17) is 4.74 Å². The third-order valence-electron chi connectivity index (χ3n) is 3.95. The lowest BCUT2D eigenvalue weighted by Gasteiger charge is -2.29. The Morgan fingerprint density at radius 1 is 0.650 bits per heavy atom. The van der Waals surface area contributed by atoms with Gasteiger partial charge in [0.05, 0.1) is 27.2 Å². The molecule has 0 N–H and O–H groups in total. The number of ether oxygens (including phenoxy) is 1. The largest absolute Gasteiger partial charge is 0.332 e. The summed E-state index contributed by atoms with van der Waals surface area (Å²) in [5, 5.41) is 0. The molecule has 122 valence electrons. The van der Waals surface area contributed by atoms with Crippen molar-refractivity contribution in [3.05, 3.63) is 0 Å². The molecule has 0 aliphatic carbocycles. The quantitative estimate of drug-likeness (QED) is 0.223. The van der Waals surface area contributed by atoms with E-state index in [0.29, 0.717) is 0 Å². The number of unbranched alkanes of at least 4 members (excludes halogenated alkanes) is 9. The van der Waals surface area contributed by atoms with Crippen LogP contribution in [0.5, 0.6) is 0 Å². The maximum atomic E-state index is 5.80. The summed E-state index contributed by atoms with van der Waals surface area (Å²) >= 11 is 0. The van der Waals surface area contributed by atoms with Crippen LogP contribution in [0.4, 0.5) is 0 Å². The maximum absolute atomic E-state index is 5.80. The Labute approximate surface area is 128 Å². The van der Waals surface area contributed by atoms with Crippen LogP contribution in [0.2, 0.25) is 0 Å². The Balaban J connectivity index is 3.33. The highest BCUT2D eigenvalue weighted by Gasteiger charge is 2.13. The SMILES string of the molecule is CCCCCCCCCC[N+](C)(C)COCCCCC. The van der Waals surface area contributed by atoms with Crippen molar-refractivity contribution in [2.75, 3.05) is 34.0 Å². The normalized spacial score (nSPS) is 12.0. The minimum Gasteiger partial charge on any atom is -0.332 e. The molecular formula is C18H40NO+. The van der Waals surface area contributed by atoms with Crippen LogP contribution in [0.1, 0.15) is 84.5 Å². The van der Waals surface area contributed by atoms with Crippen LogP contribution in [-0.4, -0.2) is 38.5 Å². The molecule has 0 unspecified atom stereocenters. The van der Waals surface area contributed by atoms with E-state index in [1.165, 1.54) is 77.2 Å². The van der Waals surface area contributed by atoms with Gasteiger partial charge in [0.1, 0.15) is 0 Å². The topological polar surface area (TPSA) is 9.23 Å². The van der Waals surface area contributed by atoms with Gasteiger partial charge < -0.3 is 9.22 Å². The maximum Gasteiger partial charge on any atom is 0.182 e. The van der Waals surface area contributed by atoms with Crippen LogP contribution >= 0.6 is 0 Å². The zero-order valence-electron chi connectivity index (χ0n) is 14.8. The van der Waals surface area contributed by atoms with Gasteiger partial charge in [-0.3, -0.25) is 0 Å². The van der Waals surface area contributed by atoms with Gasteiger partial charge in [0.15, 0.2) is 6.73 Å². The second kappa shape index (κ2) is 13.9. The number of nitrogens with zero attached hydrogens (tertiary/aromatic N) is 1. The molecule has 0 aromatic carbocycles. The van der Waals surface area contributed by atoms with Gasteiger partial charge >= 0.3 is 0 Å². The molecule has 0 heterocycles. The standard InChI is InChI=1S/C18H40NO/c1-5-7-9-10-11-12-13-14-16-19(3,4)18-20-17-15-8-6-2/h5-18H2,1-4H3/q+1. The Bertz CT molecular complexity index is 192. The third kappa shape index (κ3) is 14.3. The summed E-state index contributed by atoms with van der Waals surface area (Å²) in [6, 6.07) is 0. The molecule has 0 radical (unpaired) electrons. The molecule has 0 bridgehead atoms. The number of hydrogen-bond donors (Lipinski definition) is 0. The molecule has 0 rings (SSSR count). The molecule has 0 spiro atoms. The molecular weight excluding hydrogens is 246 g/mol. The molecule has 0 saturated heterocycles. The summed E-state index contributed by atoms with van der Waals surface area (Å²) in [6.45, 7) is 7.59. The predicted octanol–water partition coefficient (Wildman–Crippen LogP) is 5.37. The van der Waals surface area contributed by atoms with E-state index >= 15 is 0 Å². The molecule has 2 nitrogen and oxygen atoms in total. The molecule has 0 aromatic heterocycles. The Kier molecular flexibility index (Phi) is 13.8.